The van der Waals surface area contributed by atoms with E-state index in [0.717, 1.165) is 32.5 Å². The van der Waals surface area contributed by atoms with Crippen molar-refractivity contribution in [3.63, 3.8) is 0 Å². The SMILES string of the molecule is CCN1CCCC(NC(=O)CCn2c(C(F)F)cc3cccnc32)C1. The molecule has 25 heavy (non-hydrogen) atoms. The second kappa shape index (κ2) is 7.91. The van der Waals surface area contributed by atoms with Crippen molar-refractivity contribution in [1.82, 2.24) is 19.8 Å². The van der Waals surface area contributed by atoms with Gasteiger partial charge in [0.15, 0.2) is 0 Å². The number of fused-ring (bicyclic) bond motifs is 1. The van der Waals surface area contributed by atoms with E-state index in [0.29, 0.717) is 11.0 Å². The molecule has 7 heteroatoms. The highest BCUT2D eigenvalue weighted by Crippen LogP contribution is 2.26. The van der Waals surface area contributed by atoms with Crippen molar-refractivity contribution in [2.24, 2.45) is 0 Å². The molecule has 1 amide bonds. The third kappa shape index (κ3) is 4.15. The molecule has 136 valence electrons. The van der Waals surface area contributed by atoms with Crippen LogP contribution >= 0.6 is 0 Å². The summed E-state index contributed by atoms with van der Waals surface area (Å²) in [6, 6.07) is 5.07. The molecule has 5 nitrogen and oxygen atoms in total. The highest BCUT2D eigenvalue weighted by molar-refractivity contribution is 5.79. The molecule has 1 aliphatic rings. The number of hydrogen-bond donors (Lipinski definition) is 1. The number of nitrogens with one attached hydrogen (secondary N) is 1. The summed E-state index contributed by atoms with van der Waals surface area (Å²) in [4.78, 5) is 18.8. The van der Waals surface area contributed by atoms with Gasteiger partial charge in [-0.3, -0.25) is 4.79 Å². The van der Waals surface area contributed by atoms with Crippen LogP contribution in [0.15, 0.2) is 24.4 Å². The first-order chi connectivity index (χ1) is 12.1. The number of nitrogens with zero attached hydrogens (tertiary/aromatic N) is 3. The Balaban J connectivity index is 1.64. The Kier molecular flexibility index (Phi) is 5.63. The molecule has 1 fully saturated rings. The van der Waals surface area contributed by atoms with Gasteiger partial charge in [0.25, 0.3) is 6.43 Å². The van der Waals surface area contributed by atoms with Crippen molar-refractivity contribution in [3.8, 4) is 0 Å². The molecule has 2 aromatic heterocycles. The number of likely N-dealkylation sites (tertiary alicyclic amines) is 1. The van der Waals surface area contributed by atoms with Gasteiger partial charge in [-0.25, -0.2) is 13.8 Å². The number of piperidine rings is 1. The molecule has 1 aliphatic heterocycles. The summed E-state index contributed by atoms with van der Waals surface area (Å²) in [7, 11) is 0. The Morgan fingerprint density at radius 1 is 1.48 bits per heavy atom. The summed E-state index contributed by atoms with van der Waals surface area (Å²) in [6.45, 7) is 5.22. The number of pyridine rings is 1. The maximum atomic E-state index is 13.3. The van der Waals surface area contributed by atoms with Crippen molar-refractivity contribution in [3.05, 3.63) is 30.1 Å². The number of aromatic nitrogens is 2. The topological polar surface area (TPSA) is 50.2 Å². The van der Waals surface area contributed by atoms with Crippen LogP contribution in [-0.2, 0) is 11.3 Å². The third-order valence-corrected chi connectivity index (χ3v) is 4.79. The van der Waals surface area contributed by atoms with Gasteiger partial charge in [0.1, 0.15) is 5.65 Å². The minimum absolute atomic E-state index is 0.0867. The lowest BCUT2D eigenvalue weighted by Crippen LogP contribution is -2.47. The second-order valence-electron chi connectivity index (χ2n) is 6.49. The molecule has 2 aromatic rings. The molecular formula is C18H24F2N4O. The molecule has 0 radical (unpaired) electrons. The molecular weight excluding hydrogens is 326 g/mol. The summed E-state index contributed by atoms with van der Waals surface area (Å²) in [5, 5.41) is 3.71. The zero-order valence-electron chi connectivity index (χ0n) is 14.4. The summed E-state index contributed by atoms with van der Waals surface area (Å²) in [5.74, 6) is -0.0963. The van der Waals surface area contributed by atoms with E-state index in [1.54, 1.807) is 18.3 Å². The maximum Gasteiger partial charge on any atom is 0.278 e. The number of aryl methyl sites for hydroxylation is 1. The van der Waals surface area contributed by atoms with Gasteiger partial charge in [0.05, 0.1) is 5.69 Å². The first-order valence-corrected chi connectivity index (χ1v) is 8.82. The van der Waals surface area contributed by atoms with Gasteiger partial charge in [0, 0.05) is 37.1 Å². The van der Waals surface area contributed by atoms with Crippen LogP contribution in [-0.4, -0.2) is 46.0 Å². The summed E-state index contributed by atoms with van der Waals surface area (Å²) in [6.07, 6.45) is 1.20. The Morgan fingerprint density at radius 2 is 2.32 bits per heavy atom. The van der Waals surface area contributed by atoms with Crippen LogP contribution in [0, 0.1) is 0 Å². The second-order valence-corrected chi connectivity index (χ2v) is 6.49. The Morgan fingerprint density at radius 3 is 3.08 bits per heavy atom. The first kappa shape index (κ1) is 17.8. The smallest absolute Gasteiger partial charge is 0.278 e. The van der Waals surface area contributed by atoms with Crippen molar-refractivity contribution in [2.75, 3.05) is 19.6 Å². The lowest BCUT2D eigenvalue weighted by molar-refractivity contribution is -0.122. The van der Waals surface area contributed by atoms with E-state index in [4.69, 9.17) is 0 Å². The van der Waals surface area contributed by atoms with Gasteiger partial charge in [-0.15, -0.1) is 0 Å². The Labute approximate surface area is 146 Å². The van der Waals surface area contributed by atoms with E-state index in [1.165, 1.54) is 10.6 Å². The molecule has 1 saturated heterocycles. The number of alkyl halides is 2. The van der Waals surface area contributed by atoms with Crippen LogP contribution in [0.1, 0.15) is 38.3 Å². The zero-order valence-corrected chi connectivity index (χ0v) is 14.4. The molecule has 3 heterocycles. The van der Waals surface area contributed by atoms with Gasteiger partial charge < -0.3 is 14.8 Å². The molecule has 0 aliphatic carbocycles. The normalized spacial score (nSPS) is 18.8. The highest BCUT2D eigenvalue weighted by atomic mass is 19.3. The molecule has 1 N–H and O–H groups in total. The van der Waals surface area contributed by atoms with Crippen LogP contribution in [0.2, 0.25) is 0 Å². The zero-order chi connectivity index (χ0) is 17.8. The summed E-state index contributed by atoms with van der Waals surface area (Å²) >= 11 is 0. The van der Waals surface area contributed by atoms with Crippen molar-refractivity contribution in [2.45, 2.75) is 45.2 Å². The van der Waals surface area contributed by atoms with Crippen LogP contribution < -0.4 is 5.32 Å². The number of halogens is 2. The van der Waals surface area contributed by atoms with E-state index in [-0.39, 0.29) is 30.6 Å². The average molecular weight is 350 g/mol. The molecule has 0 bridgehead atoms. The van der Waals surface area contributed by atoms with Gasteiger partial charge in [-0.2, -0.15) is 0 Å². The molecule has 0 aromatic carbocycles. The van der Waals surface area contributed by atoms with Crippen molar-refractivity contribution in [1.29, 1.82) is 0 Å². The molecule has 1 atom stereocenters. The number of rotatable bonds is 6. The van der Waals surface area contributed by atoms with Crippen LogP contribution in [0.5, 0.6) is 0 Å². The van der Waals surface area contributed by atoms with Crippen LogP contribution in [0.3, 0.4) is 0 Å². The lowest BCUT2D eigenvalue weighted by atomic mass is 10.1. The lowest BCUT2D eigenvalue weighted by Gasteiger charge is -2.32. The monoisotopic (exact) mass is 350 g/mol. The van der Waals surface area contributed by atoms with Gasteiger partial charge in [-0.1, -0.05) is 6.92 Å². The van der Waals surface area contributed by atoms with Gasteiger partial charge >= 0.3 is 0 Å². The van der Waals surface area contributed by atoms with E-state index >= 15 is 0 Å². The number of likely N-dealkylation sites (N-methyl/N-ethyl adjacent to an activating group) is 1. The largest absolute Gasteiger partial charge is 0.352 e. The summed E-state index contributed by atoms with van der Waals surface area (Å²) in [5.41, 5.74) is 0.414. The number of carbonyl (C=O) groups excluding carboxylic acids is 1. The van der Waals surface area contributed by atoms with E-state index in [1.807, 2.05) is 0 Å². The number of amides is 1. The molecule has 0 saturated carbocycles. The highest BCUT2D eigenvalue weighted by Gasteiger charge is 2.21. The fourth-order valence-corrected chi connectivity index (χ4v) is 3.50. The van der Waals surface area contributed by atoms with E-state index in [9.17, 15) is 13.6 Å². The first-order valence-electron chi connectivity index (χ1n) is 8.82. The third-order valence-electron chi connectivity index (χ3n) is 4.79. The Bertz CT molecular complexity index is 731. The fraction of sp³-hybridized carbons (Fsp3) is 0.556. The van der Waals surface area contributed by atoms with Crippen molar-refractivity contribution < 1.29 is 13.6 Å². The van der Waals surface area contributed by atoms with Gasteiger partial charge in [-0.05, 0) is 44.1 Å². The van der Waals surface area contributed by atoms with E-state index < -0.39 is 6.43 Å². The van der Waals surface area contributed by atoms with Gasteiger partial charge in [0.2, 0.25) is 5.91 Å². The fourth-order valence-electron chi connectivity index (χ4n) is 3.50. The number of hydrogen-bond acceptors (Lipinski definition) is 3. The predicted molar refractivity (Wildman–Crippen MR) is 92.6 cm³/mol. The van der Waals surface area contributed by atoms with Crippen LogP contribution in [0.4, 0.5) is 8.78 Å². The standard InChI is InChI=1S/C18H24F2N4O/c1-2-23-9-4-6-14(12-23)22-16(25)7-10-24-15(17(19)20)11-13-5-3-8-21-18(13)24/h3,5,8,11,14,17H,2,4,6-7,9-10,12H2,1H3,(H,22,25). The Hall–Kier alpha value is -2.02. The molecule has 3 rings (SSSR count). The average Bonchev–Trinajstić information content (AvgIpc) is 2.99. The quantitative estimate of drug-likeness (QED) is 0.871. The molecule has 1 unspecified atom stereocenters. The van der Waals surface area contributed by atoms with Crippen molar-refractivity contribution >= 4 is 16.9 Å². The van der Waals surface area contributed by atoms with E-state index in [2.05, 4.69) is 22.1 Å². The predicted octanol–water partition coefficient (Wildman–Crippen LogP) is 2.96. The maximum absolute atomic E-state index is 13.3. The minimum Gasteiger partial charge on any atom is -0.352 e. The minimum atomic E-state index is -2.59. The number of carbonyl (C=O) groups is 1. The van der Waals surface area contributed by atoms with Crippen LogP contribution in [0.25, 0.3) is 11.0 Å². The molecule has 0 spiro atoms. The summed E-state index contributed by atoms with van der Waals surface area (Å²) < 4.78 is 28.0.